The number of anilines is 1. The van der Waals surface area contributed by atoms with Crippen LogP contribution in [0.5, 0.6) is 5.95 Å². The first-order valence-corrected chi connectivity index (χ1v) is 10.3. The smallest absolute Gasteiger partial charge is 0.373 e. The minimum atomic E-state index is -4.44. The standard InChI is InChI=1S/C15H8ClN5O6S2/c16-8-1-3-9(4-2-8)20-13(14(22)27-19-20)29(25,26)18-15-17-11-6-5-10(21(23)24)7-12(11)28-15/h1-7H,(H-,17,18,19,22). The molecule has 0 aliphatic heterocycles. The van der Waals surface area contributed by atoms with Gasteiger partial charge in [-0.2, -0.15) is 8.42 Å². The van der Waals surface area contributed by atoms with Crippen molar-refractivity contribution in [2.75, 3.05) is 4.72 Å². The normalized spacial score (nSPS) is 11.6. The van der Waals surface area contributed by atoms with Crippen molar-refractivity contribution in [3.05, 3.63) is 57.6 Å². The molecule has 0 aliphatic carbocycles. The summed E-state index contributed by atoms with van der Waals surface area (Å²) in [4.78, 5) is 14.4. The zero-order valence-electron chi connectivity index (χ0n) is 14.0. The predicted molar refractivity (Wildman–Crippen MR) is 99.6 cm³/mol. The molecule has 1 N–H and O–H groups in total. The summed E-state index contributed by atoms with van der Waals surface area (Å²) in [6.07, 6.45) is 0. The van der Waals surface area contributed by atoms with Crippen molar-refractivity contribution in [1.82, 2.24) is 10.3 Å². The van der Waals surface area contributed by atoms with E-state index < -0.39 is 25.9 Å². The van der Waals surface area contributed by atoms with Crippen LogP contribution in [-0.2, 0) is 10.0 Å². The summed E-state index contributed by atoms with van der Waals surface area (Å²) < 4.78 is 33.5. The van der Waals surface area contributed by atoms with Gasteiger partial charge in [0.1, 0.15) is 0 Å². The van der Waals surface area contributed by atoms with Crippen LogP contribution in [0.3, 0.4) is 0 Å². The first-order chi connectivity index (χ1) is 13.7. The van der Waals surface area contributed by atoms with E-state index in [2.05, 4.69) is 19.5 Å². The molecular formula is C15H8ClN5O6S2. The van der Waals surface area contributed by atoms with Gasteiger partial charge in [-0.25, -0.2) is 9.71 Å². The van der Waals surface area contributed by atoms with Gasteiger partial charge >= 0.3 is 15.0 Å². The number of sulfonamides is 1. The number of halogens is 1. The van der Waals surface area contributed by atoms with Crippen molar-refractivity contribution >= 4 is 54.0 Å². The number of hydrogen-bond donors (Lipinski definition) is 1. The number of nitrogens with zero attached hydrogens (tertiary/aromatic N) is 4. The maximum atomic E-state index is 12.8. The molecule has 0 atom stereocenters. The van der Waals surface area contributed by atoms with Crippen LogP contribution in [0.25, 0.3) is 15.9 Å². The second-order valence-electron chi connectivity index (χ2n) is 5.59. The zero-order chi connectivity index (χ0) is 20.8. The van der Waals surface area contributed by atoms with Crippen LogP contribution in [0, 0.1) is 10.1 Å². The molecule has 148 valence electrons. The number of nitrogens with one attached hydrogen (secondary N) is 1. The van der Waals surface area contributed by atoms with Gasteiger partial charge in [0.2, 0.25) is 5.69 Å². The Morgan fingerprint density at radius 3 is 2.62 bits per heavy atom. The first kappa shape index (κ1) is 19.0. The van der Waals surface area contributed by atoms with Crippen LogP contribution >= 0.6 is 22.9 Å². The van der Waals surface area contributed by atoms with Gasteiger partial charge < -0.3 is 9.63 Å². The number of non-ortho nitro benzene ring substituents is 1. The molecule has 0 amide bonds. The highest BCUT2D eigenvalue weighted by Crippen LogP contribution is 2.31. The number of nitro groups is 1. The van der Waals surface area contributed by atoms with Gasteiger partial charge in [0.15, 0.2) is 11.1 Å². The molecule has 0 saturated carbocycles. The molecule has 4 aromatic rings. The Morgan fingerprint density at radius 1 is 1.21 bits per heavy atom. The lowest BCUT2D eigenvalue weighted by Crippen LogP contribution is -2.40. The van der Waals surface area contributed by atoms with E-state index in [4.69, 9.17) is 11.6 Å². The third-order valence-corrected chi connectivity index (χ3v) is 6.33. The zero-order valence-corrected chi connectivity index (χ0v) is 16.4. The van der Waals surface area contributed by atoms with Gasteiger partial charge in [-0.3, -0.25) is 10.1 Å². The SMILES string of the molecule is O=[N+]([O-])c1ccc2nc(NS(=O)(=O)c3c([O-])on[n+]3-c3ccc(Cl)cc3)sc2c1. The number of aromatic nitrogens is 3. The highest BCUT2D eigenvalue weighted by Gasteiger charge is 2.34. The van der Waals surface area contributed by atoms with Crippen molar-refractivity contribution < 1.29 is 27.7 Å². The topological polar surface area (TPSA) is 155 Å². The average molecular weight is 454 g/mol. The molecule has 2 heterocycles. The molecule has 2 aromatic carbocycles. The molecule has 2 aromatic heterocycles. The number of nitro benzene ring substituents is 1. The Balaban J connectivity index is 1.73. The molecule has 14 heteroatoms. The molecule has 0 fully saturated rings. The van der Waals surface area contributed by atoms with Crippen LogP contribution in [-0.4, -0.2) is 23.6 Å². The fourth-order valence-corrected chi connectivity index (χ4v) is 4.81. The van der Waals surface area contributed by atoms with Gasteiger partial charge in [-0.05, 0) is 22.9 Å². The molecule has 11 nitrogen and oxygen atoms in total. The van der Waals surface area contributed by atoms with Crippen LogP contribution in [0.15, 0.2) is 52.0 Å². The monoisotopic (exact) mass is 453 g/mol. The number of fused-ring (bicyclic) bond motifs is 1. The maximum absolute atomic E-state index is 12.8. The Hall–Kier alpha value is -3.29. The summed E-state index contributed by atoms with van der Waals surface area (Å²) in [5.74, 6) is -1.18. The third-order valence-electron chi connectivity index (χ3n) is 3.70. The largest absolute Gasteiger partial charge is 0.538 e. The van der Waals surface area contributed by atoms with E-state index >= 15 is 0 Å². The number of thiazole rings is 1. The van der Waals surface area contributed by atoms with Gasteiger partial charge in [-0.1, -0.05) is 22.9 Å². The minimum Gasteiger partial charge on any atom is -0.538 e. The molecule has 29 heavy (non-hydrogen) atoms. The average Bonchev–Trinajstić information content (AvgIpc) is 3.24. The molecule has 4 rings (SSSR count). The van der Waals surface area contributed by atoms with Gasteiger partial charge in [-0.15, -0.1) is 0 Å². The highest BCUT2D eigenvalue weighted by molar-refractivity contribution is 7.92. The highest BCUT2D eigenvalue weighted by atomic mass is 35.5. The Bertz CT molecular complexity index is 1350. The van der Waals surface area contributed by atoms with Crippen molar-refractivity contribution in [1.29, 1.82) is 0 Å². The lowest BCUT2D eigenvalue weighted by Gasteiger charge is -2.02. The second-order valence-corrected chi connectivity index (χ2v) is 8.65. The Kier molecular flexibility index (Phi) is 4.56. The number of hydrogen-bond acceptors (Lipinski definition) is 9. The van der Waals surface area contributed by atoms with E-state index in [1.165, 1.54) is 42.5 Å². The van der Waals surface area contributed by atoms with Gasteiger partial charge in [0.05, 0.1) is 20.4 Å². The lowest BCUT2D eigenvalue weighted by molar-refractivity contribution is -0.706. The van der Waals surface area contributed by atoms with Gasteiger partial charge in [0, 0.05) is 29.3 Å². The summed E-state index contributed by atoms with van der Waals surface area (Å²) >= 11 is 6.69. The second kappa shape index (κ2) is 6.95. The van der Waals surface area contributed by atoms with Crippen LogP contribution in [0.2, 0.25) is 5.02 Å². The molecule has 0 radical (unpaired) electrons. The fraction of sp³-hybridized carbons (Fsp3) is 0. The predicted octanol–water partition coefficient (Wildman–Crippen LogP) is 2.00. The van der Waals surface area contributed by atoms with E-state index in [1.807, 2.05) is 0 Å². The molecule has 0 saturated heterocycles. The summed E-state index contributed by atoms with van der Waals surface area (Å²) in [6.45, 7) is 0. The van der Waals surface area contributed by atoms with E-state index in [0.717, 1.165) is 16.0 Å². The van der Waals surface area contributed by atoms with Crippen molar-refractivity contribution in [2.45, 2.75) is 5.03 Å². The van der Waals surface area contributed by atoms with E-state index in [0.29, 0.717) is 15.2 Å². The van der Waals surface area contributed by atoms with Crippen LogP contribution in [0.4, 0.5) is 10.8 Å². The van der Waals surface area contributed by atoms with Crippen molar-refractivity contribution in [2.24, 2.45) is 0 Å². The number of benzene rings is 2. The Labute approximate surface area is 171 Å². The Morgan fingerprint density at radius 2 is 1.93 bits per heavy atom. The summed E-state index contributed by atoms with van der Waals surface area (Å²) in [7, 11) is -4.44. The van der Waals surface area contributed by atoms with E-state index in [9.17, 15) is 23.6 Å². The van der Waals surface area contributed by atoms with Gasteiger partial charge in [0.25, 0.3) is 5.69 Å². The van der Waals surface area contributed by atoms with Crippen molar-refractivity contribution in [3.8, 4) is 11.6 Å². The summed E-state index contributed by atoms with van der Waals surface area (Å²) in [5, 5.41) is 25.9. The molecular weight excluding hydrogens is 446 g/mol. The molecule has 0 spiro atoms. The third kappa shape index (κ3) is 3.57. The summed E-state index contributed by atoms with van der Waals surface area (Å²) in [5.41, 5.74) is 0.439. The minimum absolute atomic E-state index is 0.0799. The fourth-order valence-electron chi connectivity index (χ4n) is 2.44. The number of rotatable bonds is 5. The van der Waals surface area contributed by atoms with Crippen molar-refractivity contribution in [3.63, 3.8) is 0 Å². The van der Waals surface area contributed by atoms with Crippen LogP contribution < -0.4 is 14.5 Å². The van der Waals surface area contributed by atoms with E-state index in [-0.39, 0.29) is 16.5 Å². The molecule has 0 unspecified atom stereocenters. The summed E-state index contributed by atoms with van der Waals surface area (Å²) in [6, 6.07) is 9.83. The van der Waals surface area contributed by atoms with Crippen LogP contribution in [0.1, 0.15) is 0 Å². The molecule has 0 bridgehead atoms. The van der Waals surface area contributed by atoms with E-state index in [1.54, 1.807) is 0 Å². The quantitative estimate of drug-likeness (QED) is 0.273. The maximum Gasteiger partial charge on any atom is 0.373 e. The molecule has 0 aliphatic rings. The lowest BCUT2D eigenvalue weighted by atomic mass is 10.3. The first-order valence-electron chi connectivity index (χ1n) is 7.67.